The van der Waals surface area contributed by atoms with E-state index in [1.807, 2.05) is 42.5 Å². The van der Waals surface area contributed by atoms with Crippen LogP contribution in [0, 0.1) is 0 Å². The van der Waals surface area contributed by atoms with E-state index in [1.165, 1.54) is 19.4 Å². The van der Waals surface area contributed by atoms with Crippen molar-refractivity contribution in [2.45, 2.75) is 6.54 Å². The standard InChI is InChI=1S/C23H21NO4.CH3NO/c1-28-23-14-18(10-12-22(23)26)8-7-17-9-11-21(25)20(13-17)16-24(27)15-19-5-3-2-4-6-19;1-2-3/h2-14,16,26-27H,15H2,1H3;3H,1H2/b8-7+,20-16?;. The summed E-state index contributed by atoms with van der Waals surface area (Å²) in [7, 11) is 1.49. The predicted octanol–water partition coefficient (Wildman–Crippen LogP) is 4.33. The molecule has 0 unspecified atom stereocenters. The zero-order valence-corrected chi connectivity index (χ0v) is 17.0. The Balaban J connectivity index is 0.00000107. The molecule has 0 bridgehead atoms. The minimum Gasteiger partial charge on any atom is -0.504 e. The third-order valence-electron chi connectivity index (χ3n) is 4.18. The number of allylic oxidation sites excluding steroid dienone is 6. The fraction of sp³-hybridized carbons (Fsp3) is 0.0833. The molecule has 0 amide bonds. The lowest BCUT2D eigenvalue weighted by atomic mass is 10.0. The molecule has 1 aliphatic carbocycles. The summed E-state index contributed by atoms with van der Waals surface area (Å²) < 4.78 is 5.10. The van der Waals surface area contributed by atoms with Gasteiger partial charge in [0.25, 0.3) is 0 Å². The van der Waals surface area contributed by atoms with Gasteiger partial charge >= 0.3 is 0 Å². The molecule has 0 aromatic heterocycles. The summed E-state index contributed by atoms with van der Waals surface area (Å²) in [6.45, 7) is 2.95. The minimum absolute atomic E-state index is 0.0775. The van der Waals surface area contributed by atoms with Crippen LogP contribution in [-0.4, -0.2) is 40.2 Å². The van der Waals surface area contributed by atoms with Crippen molar-refractivity contribution in [2.75, 3.05) is 7.11 Å². The number of carbonyl (C=O) groups is 1. The van der Waals surface area contributed by atoms with Gasteiger partial charge in [0.2, 0.25) is 0 Å². The van der Waals surface area contributed by atoms with Gasteiger partial charge in [-0.1, -0.05) is 54.6 Å². The van der Waals surface area contributed by atoms with Crippen molar-refractivity contribution >= 4 is 18.6 Å². The normalized spacial score (nSPS) is 14.1. The number of ketones is 1. The predicted molar refractivity (Wildman–Crippen MR) is 119 cm³/mol. The van der Waals surface area contributed by atoms with Crippen LogP contribution in [0.4, 0.5) is 0 Å². The van der Waals surface area contributed by atoms with Gasteiger partial charge in [0.15, 0.2) is 17.3 Å². The van der Waals surface area contributed by atoms with Crippen molar-refractivity contribution in [1.82, 2.24) is 5.06 Å². The van der Waals surface area contributed by atoms with Gasteiger partial charge in [-0.2, -0.15) is 0 Å². The molecule has 7 nitrogen and oxygen atoms in total. The van der Waals surface area contributed by atoms with Crippen molar-refractivity contribution in [3.8, 4) is 11.5 Å². The molecular weight excluding hydrogens is 396 g/mol. The molecule has 0 atom stereocenters. The lowest BCUT2D eigenvalue weighted by molar-refractivity contribution is -0.111. The second kappa shape index (κ2) is 11.8. The Hall–Kier alpha value is -4.10. The number of aromatic hydroxyl groups is 1. The second-order valence-corrected chi connectivity index (χ2v) is 6.42. The van der Waals surface area contributed by atoms with Gasteiger partial charge < -0.3 is 15.1 Å². The third kappa shape index (κ3) is 7.34. The number of ether oxygens (including phenoxy) is 1. The lowest BCUT2D eigenvalue weighted by Gasteiger charge is -2.14. The van der Waals surface area contributed by atoms with Gasteiger partial charge in [0, 0.05) is 18.5 Å². The van der Waals surface area contributed by atoms with E-state index >= 15 is 0 Å². The molecule has 2 aromatic rings. The van der Waals surface area contributed by atoms with E-state index in [-0.39, 0.29) is 18.1 Å². The van der Waals surface area contributed by atoms with Gasteiger partial charge in [-0.15, -0.1) is 5.16 Å². The number of rotatable bonds is 6. The first kappa shape index (κ1) is 23.2. The highest BCUT2D eigenvalue weighted by atomic mass is 16.5. The van der Waals surface area contributed by atoms with E-state index < -0.39 is 0 Å². The van der Waals surface area contributed by atoms with E-state index in [4.69, 9.17) is 9.94 Å². The highest BCUT2D eigenvalue weighted by molar-refractivity contribution is 6.08. The topological polar surface area (TPSA) is 103 Å². The van der Waals surface area contributed by atoms with Crippen molar-refractivity contribution in [1.29, 1.82) is 0 Å². The number of hydroxylamine groups is 2. The number of phenolic OH excluding ortho intramolecular Hbond substituents is 1. The fourth-order valence-electron chi connectivity index (χ4n) is 2.74. The molecule has 0 saturated carbocycles. The molecule has 31 heavy (non-hydrogen) atoms. The molecule has 7 heteroatoms. The Morgan fingerprint density at radius 3 is 2.52 bits per heavy atom. The van der Waals surface area contributed by atoms with E-state index in [1.54, 1.807) is 30.4 Å². The van der Waals surface area contributed by atoms with Crippen molar-refractivity contribution in [3.63, 3.8) is 0 Å². The first-order valence-corrected chi connectivity index (χ1v) is 9.27. The number of hydrogen-bond donors (Lipinski definition) is 3. The molecule has 0 radical (unpaired) electrons. The maximum atomic E-state index is 12.1. The smallest absolute Gasteiger partial charge is 0.187 e. The van der Waals surface area contributed by atoms with Gasteiger partial charge in [-0.05, 0) is 41.0 Å². The summed E-state index contributed by atoms with van der Waals surface area (Å²) in [6.07, 6.45) is 10.0. The van der Waals surface area contributed by atoms with Gasteiger partial charge in [0.05, 0.1) is 13.7 Å². The van der Waals surface area contributed by atoms with Crippen LogP contribution < -0.4 is 4.74 Å². The summed E-state index contributed by atoms with van der Waals surface area (Å²) in [4.78, 5) is 12.1. The monoisotopic (exact) mass is 420 g/mol. The Bertz CT molecular complexity index is 1020. The molecule has 2 aromatic carbocycles. The molecule has 0 saturated heterocycles. The Morgan fingerprint density at radius 2 is 1.84 bits per heavy atom. The molecule has 3 rings (SSSR count). The SMILES string of the molecule is C=NO.COc1cc(/C=C/C2=CC(=CN(O)Cc3ccccc3)C(=O)C=C2)ccc1O. The number of oxime groups is 1. The van der Waals surface area contributed by atoms with Crippen LogP contribution in [0.3, 0.4) is 0 Å². The van der Waals surface area contributed by atoms with Crippen molar-refractivity contribution < 1.29 is 25.1 Å². The molecule has 1 aliphatic rings. The largest absolute Gasteiger partial charge is 0.504 e. The number of nitrogens with zero attached hydrogens (tertiary/aromatic N) is 2. The molecule has 3 N–H and O–H groups in total. The van der Waals surface area contributed by atoms with Gasteiger partial charge in [-0.3, -0.25) is 15.1 Å². The average molecular weight is 420 g/mol. The Morgan fingerprint density at radius 1 is 1.13 bits per heavy atom. The van der Waals surface area contributed by atoms with Crippen LogP contribution in [0.1, 0.15) is 11.1 Å². The summed E-state index contributed by atoms with van der Waals surface area (Å²) in [6, 6.07) is 14.5. The maximum Gasteiger partial charge on any atom is 0.187 e. The molecule has 0 fully saturated rings. The first-order chi connectivity index (χ1) is 15.0. The second-order valence-electron chi connectivity index (χ2n) is 6.42. The molecule has 0 aliphatic heterocycles. The molecule has 0 spiro atoms. The van der Waals surface area contributed by atoms with Crippen LogP contribution in [0.15, 0.2) is 95.3 Å². The third-order valence-corrected chi connectivity index (χ3v) is 4.18. The lowest BCUT2D eigenvalue weighted by Crippen LogP contribution is -2.14. The summed E-state index contributed by atoms with van der Waals surface area (Å²) in [5.41, 5.74) is 2.99. The van der Waals surface area contributed by atoms with Gasteiger partial charge in [0.1, 0.15) is 0 Å². The quantitative estimate of drug-likeness (QED) is 0.278. The molecule has 0 heterocycles. The molecular formula is C24H24N2O5. The van der Waals surface area contributed by atoms with Crippen LogP contribution in [0.5, 0.6) is 11.5 Å². The van der Waals surface area contributed by atoms with Crippen LogP contribution in [0.25, 0.3) is 6.08 Å². The summed E-state index contributed by atoms with van der Waals surface area (Å²) >= 11 is 0. The van der Waals surface area contributed by atoms with E-state index in [9.17, 15) is 15.1 Å². The number of phenols is 1. The Labute approximate surface area is 180 Å². The van der Waals surface area contributed by atoms with Crippen LogP contribution in [0.2, 0.25) is 0 Å². The highest BCUT2D eigenvalue weighted by Gasteiger charge is 2.11. The zero-order valence-electron chi connectivity index (χ0n) is 17.0. The van der Waals surface area contributed by atoms with Crippen LogP contribution >= 0.6 is 0 Å². The highest BCUT2D eigenvalue weighted by Crippen LogP contribution is 2.27. The van der Waals surface area contributed by atoms with E-state index in [0.29, 0.717) is 11.3 Å². The van der Waals surface area contributed by atoms with Gasteiger partial charge in [-0.25, -0.2) is 0 Å². The van der Waals surface area contributed by atoms with Crippen molar-refractivity contribution in [3.05, 3.63) is 101 Å². The minimum atomic E-state index is -0.171. The van der Waals surface area contributed by atoms with Crippen LogP contribution in [-0.2, 0) is 11.3 Å². The van der Waals surface area contributed by atoms with Crippen molar-refractivity contribution in [2.24, 2.45) is 5.16 Å². The number of benzene rings is 2. The zero-order chi connectivity index (χ0) is 22.6. The first-order valence-electron chi connectivity index (χ1n) is 9.27. The number of methoxy groups -OCH3 is 1. The average Bonchev–Trinajstić information content (AvgIpc) is 2.76. The van der Waals surface area contributed by atoms with E-state index in [0.717, 1.165) is 21.8 Å². The fourth-order valence-corrected chi connectivity index (χ4v) is 2.74. The van der Waals surface area contributed by atoms with E-state index in [2.05, 4.69) is 11.9 Å². The summed E-state index contributed by atoms with van der Waals surface area (Å²) in [5, 5.41) is 30.1. The number of hydrogen-bond acceptors (Lipinski definition) is 7. The molecule has 160 valence electrons. The summed E-state index contributed by atoms with van der Waals surface area (Å²) in [5.74, 6) is 0.298. The Kier molecular flexibility index (Phi) is 8.82. The maximum absolute atomic E-state index is 12.1. The number of carbonyl (C=O) groups excluding carboxylic acids is 1.